The number of hydrogen-bond acceptors (Lipinski definition) is 3. The van der Waals surface area contributed by atoms with Gasteiger partial charge in [0.2, 0.25) is 0 Å². The molecule has 1 saturated heterocycles. The van der Waals surface area contributed by atoms with Crippen LogP contribution in [-0.4, -0.2) is 39.8 Å². The van der Waals surface area contributed by atoms with Crippen LogP contribution < -0.4 is 4.74 Å². The van der Waals surface area contributed by atoms with Crippen molar-refractivity contribution in [3.05, 3.63) is 48.0 Å². The first-order chi connectivity index (χ1) is 10.7. The van der Waals surface area contributed by atoms with E-state index in [1.807, 2.05) is 6.92 Å². The molecular formula is C16H18FN3O2. The van der Waals surface area contributed by atoms with Crippen LogP contribution in [0.2, 0.25) is 0 Å². The van der Waals surface area contributed by atoms with Crippen molar-refractivity contribution in [1.29, 1.82) is 0 Å². The number of aromatic nitrogens is 2. The van der Waals surface area contributed by atoms with Crippen molar-refractivity contribution in [3.63, 3.8) is 0 Å². The van der Waals surface area contributed by atoms with Gasteiger partial charge in [-0.2, -0.15) is 5.10 Å². The average Bonchev–Trinajstić information content (AvgIpc) is 3.15. The van der Waals surface area contributed by atoms with Gasteiger partial charge in [-0.25, -0.2) is 4.39 Å². The van der Waals surface area contributed by atoms with E-state index < -0.39 is 0 Å². The Morgan fingerprint density at radius 3 is 3.09 bits per heavy atom. The first kappa shape index (κ1) is 14.6. The predicted molar refractivity (Wildman–Crippen MR) is 79.2 cm³/mol. The highest BCUT2D eigenvalue weighted by molar-refractivity contribution is 5.92. The van der Waals surface area contributed by atoms with Gasteiger partial charge in [0.15, 0.2) is 0 Å². The maximum absolute atomic E-state index is 13.2. The SMILES string of the molecule is CCn1nccc1C(=O)N1CC[C@H](Oc2cccc(F)c2)C1. The number of carbonyl (C=O) groups is 1. The zero-order valence-corrected chi connectivity index (χ0v) is 12.4. The minimum absolute atomic E-state index is 0.0373. The lowest BCUT2D eigenvalue weighted by Gasteiger charge is -2.17. The second-order valence-corrected chi connectivity index (χ2v) is 5.27. The zero-order chi connectivity index (χ0) is 15.5. The Balaban J connectivity index is 1.63. The number of rotatable bonds is 4. The number of carbonyl (C=O) groups excluding carboxylic acids is 1. The van der Waals surface area contributed by atoms with E-state index >= 15 is 0 Å². The monoisotopic (exact) mass is 303 g/mol. The first-order valence-corrected chi connectivity index (χ1v) is 7.40. The third-order valence-electron chi connectivity index (χ3n) is 3.77. The summed E-state index contributed by atoms with van der Waals surface area (Å²) >= 11 is 0. The standard InChI is InChI=1S/C16H18FN3O2/c1-2-20-15(6-8-18-20)16(21)19-9-7-14(11-19)22-13-5-3-4-12(17)10-13/h3-6,8,10,14H,2,7,9,11H2,1H3/t14-/m0/s1. The highest BCUT2D eigenvalue weighted by Crippen LogP contribution is 2.20. The number of halogens is 1. The lowest BCUT2D eigenvalue weighted by atomic mass is 10.3. The normalized spacial score (nSPS) is 17.7. The average molecular weight is 303 g/mol. The molecule has 1 atom stereocenters. The molecule has 1 amide bonds. The molecule has 0 unspecified atom stereocenters. The molecule has 6 heteroatoms. The molecule has 0 spiro atoms. The Hall–Kier alpha value is -2.37. The van der Waals surface area contributed by atoms with E-state index in [0.29, 0.717) is 31.1 Å². The topological polar surface area (TPSA) is 47.4 Å². The molecule has 22 heavy (non-hydrogen) atoms. The van der Waals surface area contributed by atoms with Crippen LogP contribution >= 0.6 is 0 Å². The van der Waals surface area contributed by atoms with Gasteiger partial charge in [-0.05, 0) is 25.1 Å². The van der Waals surface area contributed by atoms with E-state index in [4.69, 9.17) is 4.74 Å². The van der Waals surface area contributed by atoms with E-state index in [2.05, 4.69) is 5.10 Å². The van der Waals surface area contributed by atoms with Crippen LogP contribution in [0.1, 0.15) is 23.8 Å². The van der Waals surface area contributed by atoms with Crippen molar-refractivity contribution in [2.75, 3.05) is 13.1 Å². The summed E-state index contributed by atoms with van der Waals surface area (Å²) in [4.78, 5) is 14.2. The fourth-order valence-corrected chi connectivity index (χ4v) is 2.67. The van der Waals surface area contributed by atoms with Gasteiger partial charge in [0, 0.05) is 31.8 Å². The molecule has 2 heterocycles. The lowest BCUT2D eigenvalue weighted by Crippen LogP contribution is -2.32. The third-order valence-corrected chi connectivity index (χ3v) is 3.77. The van der Waals surface area contributed by atoms with Crippen molar-refractivity contribution < 1.29 is 13.9 Å². The summed E-state index contributed by atoms with van der Waals surface area (Å²) in [6.07, 6.45) is 2.26. The number of likely N-dealkylation sites (tertiary alicyclic amines) is 1. The van der Waals surface area contributed by atoms with Gasteiger partial charge >= 0.3 is 0 Å². The van der Waals surface area contributed by atoms with Gasteiger partial charge in [-0.15, -0.1) is 0 Å². The van der Waals surface area contributed by atoms with Crippen LogP contribution in [0.15, 0.2) is 36.5 Å². The van der Waals surface area contributed by atoms with Crippen molar-refractivity contribution >= 4 is 5.91 Å². The summed E-state index contributed by atoms with van der Waals surface area (Å²) in [5, 5.41) is 4.12. The Labute approximate surface area is 128 Å². The zero-order valence-electron chi connectivity index (χ0n) is 12.4. The quantitative estimate of drug-likeness (QED) is 0.871. The molecule has 3 rings (SSSR count). The summed E-state index contributed by atoms with van der Waals surface area (Å²) in [7, 11) is 0. The lowest BCUT2D eigenvalue weighted by molar-refractivity contribution is 0.0760. The van der Waals surface area contributed by atoms with E-state index in [1.54, 1.807) is 34.0 Å². The molecule has 1 aliphatic rings. The van der Waals surface area contributed by atoms with Crippen LogP contribution in [-0.2, 0) is 6.54 Å². The molecule has 0 aliphatic carbocycles. The number of benzene rings is 1. The molecule has 0 saturated carbocycles. The minimum Gasteiger partial charge on any atom is -0.488 e. The van der Waals surface area contributed by atoms with E-state index in [9.17, 15) is 9.18 Å². The molecule has 1 aliphatic heterocycles. The second-order valence-electron chi connectivity index (χ2n) is 5.27. The number of hydrogen-bond donors (Lipinski definition) is 0. The summed E-state index contributed by atoms with van der Waals surface area (Å²) in [5.74, 6) is 0.137. The Kier molecular flexibility index (Phi) is 4.09. The van der Waals surface area contributed by atoms with Crippen LogP contribution in [0.4, 0.5) is 4.39 Å². The van der Waals surface area contributed by atoms with Crippen molar-refractivity contribution in [1.82, 2.24) is 14.7 Å². The number of ether oxygens (including phenoxy) is 1. The Bertz CT molecular complexity index is 671. The van der Waals surface area contributed by atoms with E-state index in [-0.39, 0.29) is 17.8 Å². The molecule has 0 bridgehead atoms. The second kappa shape index (κ2) is 6.17. The highest BCUT2D eigenvalue weighted by atomic mass is 19.1. The van der Waals surface area contributed by atoms with Gasteiger partial charge in [-0.1, -0.05) is 6.07 Å². The fraction of sp³-hybridized carbons (Fsp3) is 0.375. The summed E-state index contributed by atoms with van der Waals surface area (Å²) in [6, 6.07) is 7.80. The third kappa shape index (κ3) is 2.95. The van der Waals surface area contributed by atoms with Gasteiger partial charge in [0.1, 0.15) is 23.4 Å². The number of nitrogens with zero attached hydrogens (tertiary/aromatic N) is 3. The van der Waals surface area contributed by atoms with Crippen molar-refractivity contribution in [2.24, 2.45) is 0 Å². The van der Waals surface area contributed by atoms with Crippen LogP contribution in [0.5, 0.6) is 5.75 Å². The van der Waals surface area contributed by atoms with Gasteiger partial charge in [0.05, 0.1) is 6.54 Å². The summed E-state index contributed by atoms with van der Waals surface area (Å²) in [6.45, 7) is 3.74. The Morgan fingerprint density at radius 1 is 1.45 bits per heavy atom. The maximum Gasteiger partial charge on any atom is 0.272 e. The molecule has 1 fully saturated rings. The Morgan fingerprint density at radius 2 is 2.32 bits per heavy atom. The van der Waals surface area contributed by atoms with Gasteiger partial charge in [0.25, 0.3) is 5.91 Å². The van der Waals surface area contributed by atoms with E-state index in [0.717, 1.165) is 6.42 Å². The van der Waals surface area contributed by atoms with Crippen molar-refractivity contribution in [2.45, 2.75) is 26.0 Å². The first-order valence-electron chi connectivity index (χ1n) is 7.40. The van der Waals surface area contributed by atoms with Gasteiger partial charge < -0.3 is 9.64 Å². The highest BCUT2D eigenvalue weighted by Gasteiger charge is 2.29. The molecule has 1 aromatic carbocycles. The molecule has 5 nitrogen and oxygen atoms in total. The number of amides is 1. The van der Waals surface area contributed by atoms with E-state index in [1.165, 1.54) is 12.1 Å². The molecule has 116 valence electrons. The largest absolute Gasteiger partial charge is 0.488 e. The summed E-state index contributed by atoms with van der Waals surface area (Å²) < 4.78 is 20.6. The molecular weight excluding hydrogens is 285 g/mol. The predicted octanol–water partition coefficient (Wildman–Crippen LogP) is 2.34. The van der Waals surface area contributed by atoms with Crippen LogP contribution in [0.3, 0.4) is 0 Å². The fourth-order valence-electron chi connectivity index (χ4n) is 2.67. The molecule has 0 radical (unpaired) electrons. The minimum atomic E-state index is -0.324. The smallest absolute Gasteiger partial charge is 0.272 e. The van der Waals surface area contributed by atoms with Crippen LogP contribution in [0, 0.1) is 5.82 Å². The molecule has 2 aromatic rings. The van der Waals surface area contributed by atoms with Crippen LogP contribution in [0.25, 0.3) is 0 Å². The van der Waals surface area contributed by atoms with Gasteiger partial charge in [-0.3, -0.25) is 9.48 Å². The molecule has 1 aromatic heterocycles. The van der Waals surface area contributed by atoms with Crippen molar-refractivity contribution in [3.8, 4) is 5.75 Å². The maximum atomic E-state index is 13.2. The molecule has 0 N–H and O–H groups in total. The summed E-state index contributed by atoms with van der Waals surface area (Å²) in [5.41, 5.74) is 0.592. The number of aryl methyl sites for hydroxylation is 1.